The highest BCUT2D eigenvalue weighted by Gasteiger charge is 2.10. The van der Waals surface area contributed by atoms with Crippen LogP contribution in [0.5, 0.6) is 0 Å². The maximum Gasteiger partial charge on any atom is 0.125 e. The number of nitrogens with two attached hydrogens (primary N) is 1. The molecule has 2 aromatic rings. The fourth-order valence-electron chi connectivity index (χ4n) is 2.20. The Morgan fingerprint density at radius 1 is 1.20 bits per heavy atom. The van der Waals surface area contributed by atoms with Gasteiger partial charge in [0.25, 0.3) is 0 Å². The molecule has 20 heavy (non-hydrogen) atoms. The third kappa shape index (κ3) is 3.64. The van der Waals surface area contributed by atoms with E-state index in [1.807, 2.05) is 18.2 Å². The first-order valence-corrected chi connectivity index (χ1v) is 8.08. The van der Waals surface area contributed by atoms with E-state index in [1.165, 1.54) is 16.7 Å². The number of amidine groups is 1. The Morgan fingerprint density at radius 2 is 1.85 bits per heavy atom. The molecule has 0 aliphatic heterocycles. The van der Waals surface area contributed by atoms with Crippen molar-refractivity contribution in [3.05, 3.63) is 63.1 Å². The second-order valence-corrected chi connectivity index (χ2v) is 6.68. The van der Waals surface area contributed by atoms with Crippen molar-refractivity contribution in [2.45, 2.75) is 24.5 Å². The highest BCUT2D eigenvalue weighted by molar-refractivity contribution is 9.10. The number of aryl methyl sites for hydroxylation is 2. The predicted octanol–water partition coefficient (Wildman–Crippen LogP) is 4.64. The van der Waals surface area contributed by atoms with Crippen molar-refractivity contribution in [2.24, 2.45) is 5.73 Å². The van der Waals surface area contributed by atoms with Gasteiger partial charge in [0, 0.05) is 20.7 Å². The molecule has 104 valence electrons. The van der Waals surface area contributed by atoms with Crippen molar-refractivity contribution < 1.29 is 0 Å². The zero-order chi connectivity index (χ0) is 14.7. The molecule has 0 radical (unpaired) electrons. The predicted molar refractivity (Wildman–Crippen MR) is 90.6 cm³/mol. The van der Waals surface area contributed by atoms with Gasteiger partial charge in [-0.15, -0.1) is 11.8 Å². The van der Waals surface area contributed by atoms with Crippen LogP contribution in [-0.2, 0) is 5.75 Å². The Kier molecular flexibility index (Phi) is 4.89. The van der Waals surface area contributed by atoms with Crippen LogP contribution in [0.15, 0.2) is 45.8 Å². The average Bonchev–Trinajstić information content (AvgIpc) is 2.34. The SMILES string of the molecule is Cc1cc(C)cc(CSc2cccc(Br)c2C(=N)N)c1. The third-order valence-electron chi connectivity index (χ3n) is 2.92. The van der Waals surface area contributed by atoms with Crippen LogP contribution in [0.2, 0.25) is 0 Å². The van der Waals surface area contributed by atoms with Crippen LogP contribution >= 0.6 is 27.7 Å². The van der Waals surface area contributed by atoms with Crippen LogP contribution in [0.3, 0.4) is 0 Å². The lowest BCUT2D eigenvalue weighted by atomic mass is 10.1. The first-order valence-electron chi connectivity index (χ1n) is 6.30. The van der Waals surface area contributed by atoms with Gasteiger partial charge in [-0.05, 0) is 47.5 Å². The Morgan fingerprint density at radius 3 is 2.45 bits per heavy atom. The molecule has 0 bridgehead atoms. The van der Waals surface area contributed by atoms with Crippen LogP contribution in [0.1, 0.15) is 22.3 Å². The van der Waals surface area contributed by atoms with Gasteiger partial charge in [-0.25, -0.2) is 0 Å². The van der Waals surface area contributed by atoms with Gasteiger partial charge in [0.1, 0.15) is 5.84 Å². The van der Waals surface area contributed by atoms with Gasteiger partial charge in [0.05, 0.1) is 0 Å². The monoisotopic (exact) mass is 348 g/mol. The van der Waals surface area contributed by atoms with Crippen molar-refractivity contribution >= 4 is 33.5 Å². The second kappa shape index (κ2) is 6.46. The largest absolute Gasteiger partial charge is 0.384 e. The van der Waals surface area contributed by atoms with E-state index in [4.69, 9.17) is 11.1 Å². The highest BCUT2D eigenvalue weighted by atomic mass is 79.9. The molecule has 0 atom stereocenters. The Balaban J connectivity index is 2.23. The number of nitrogen functional groups attached to an aromatic ring is 1. The summed E-state index contributed by atoms with van der Waals surface area (Å²) >= 11 is 5.17. The molecule has 2 nitrogen and oxygen atoms in total. The zero-order valence-electron chi connectivity index (χ0n) is 11.5. The standard InChI is InChI=1S/C16H17BrN2S/c1-10-6-11(2)8-12(7-10)9-20-14-5-3-4-13(17)15(14)16(18)19/h3-8H,9H2,1-2H3,(H3,18,19). The summed E-state index contributed by atoms with van der Waals surface area (Å²) in [5, 5.41) is 7.70. The smallest absolute Gasteiger partial charge is 0.125 e. The molecule has 0 amide bonds. The van der Waals surface area contributed by atoms with E-state index in [1.54, 1.807) is 11.8 Å². The van der Waals surface area contributed by atoms with Crippen molar-refractivity contribution in [2.75, 3.05) is 0 Å². The molecule has 0 unspecified atom stereocenters. The summed E-state index contributed by atoms with van der Waals surface area (Å²) in [6, 6.07) is 12.5. The van der Waals surface area contributed by atoms with Gasteiger partial charge in [-0.1, -0.05) is 35.4 Å². The van der Waals surface area contributed by atoms with E-state index in [2.05, 4.69) is 48.0 Å². The van der Waals surface area contributed by atoms with Crippen LogP contribution in [-0.4, -0.2) is 5.84 Å². The molecular formula is C16H17BrN2S. The maximum atomic E-state index is 7.70. The normalized spacial score (nSPS) is 10.6. The summed E-state index contributed by atoms with van der Waals surface area (Å²) in [6.07, 6.45) is 0. The topological polar surface area (TPSA) is 49.9 Å². The minimum absolute atomic E-state index is 0.0976. The van der Waals surface area contributed by atoms with Gasteiger partial charge in [0.15, 0.2) is 0 Å². The molecule has 0 fully saturated rings. The van der Waals surface area contributed by atoms with E-state index in [0.29, 0.717) is 0 Å². The van der Waals surface area contributed by atoms with Gasteiger partial charge in [0.2, 0.25) is 0 Å². The van der Waals surface area contributed by atoms with E-state index < -0.39 is 0 Å². The molecule has 2 aromatic carbocycles. The zero-order valence-corrected chi connectivity index (χ0v) is 13.9. The fourth-order valence-corrected chi connectivity index (χ4v) is 3.94. The van der Waals surface area contributed by atoms with Gasteiger partial charge in [-0.2, -0.15) is 0 Å². The lowest BCUT2D eigenvalue weighted by Gasteiger charge is -2.10. The van der Waals surface area contributed by atoms with Gasteiger partial charge >= 0.3 is 0 Å². The summed E-state index contributed by atoms with van der Waals surface area (Å²) in [7, 11) is 0. The maximum absolute atomic E-state index is 7.70. The quantitative estimate of drug-likeness (QED) is 0.480. The fraction of sp³-hybridized carbons (Fsp3) is 0.188. The molecule has 0 aromatic heterocycles. The van der Waals surface area contributed by atoms with Crippen LogP contribution in [0.4, 0.5) is 0 Å². The van der Waals surface area contributed by atoms with E-state index in [-0.39, 0.29) is 5.84 Å². The number of nitrogens with one attached hydrogen (secondary N) is 1. The first kappa shape index (κ1) is 15.1. The van der Waals surface area contributed by atoms with E-state index in [0.717, 1.165) is 20.7 Å². The summed E-state index contributed by atoms with van der Waals surface area (Å²) < 4.78 is 0.871. The minimum Gasteiger partial charge on any atom is -0.384 e. The molecular weight excluding hydrogens is 332 g/mol. The van der Waals surface area contributed by atoms with Crippen LogP contribution in [0, 0.1) is 19.3 Å². The highest BCUT2D eigenvalue weighted by Crippen LogP contribution is 2.31. The molecule has 2 rings (SSSR count). The second-order valence-electron chi connectivity index (χ2n) is 4.81. The number of halogens is 1. The number of rotatable bonds is 4. The van der Waals surface area contributed by atoms with Gasteiger partial charge in [-0.3, -0.25) is 5.41 Å². The number of thioether (sulfide) groups is 1. The molecule has 0 saturated carbocycles. The summed E-state index contributed by atoms with van der Waals surface area (Å²) in [5.41, 5.74) is 10.3. The summed E-state index contributed by atoms with van der Waals surface area (Å²) in [5.74, 6) is 0.972. The van der Waals surface area contributed by atoms with E-state index in [9.17, 15) is 0 Å². The van der Waals surface area contributed by atoms with Crippen molar-refractivity contribution in [3.8, 4) is 0 Å². The van der Waals surface area contributed by atoms with Crippen molar-refractivity contribution in [1.82, 2.24) is 0 Å². The number of benzene rings is 2. The third-order valence-corrected chi connectivity index (χ3v) is 4.71. The Bertz CT molecular complexity index is 633. The molecule has 0 saturated heterocycles. The molecule has 0 spiro atoms. The molecule has 0 aliphatic rings. The minimum atomic E-state index is 0.0976. The average molecular weight is 349 g/mol. The number of hydrogen-bond donors (Lipinski definition) is 2. The molecule has 0 heterocycles. The Labute approximate surface area is 132 Å². The molecule has 3 N–H and O–H groups in total. The lowest BCUT2D eigenvalue weighted by molar-refractivity contribution is 1.28. The van der Waals surface area contributed by atoms with Crippen molar-refractivity contribution in [3.63, 3.8) is 0 Å². The van der Waals surface area contributed by atoms with Crippen molar-refractivity contribution in [1.29, 1.82) is 5.41 Å². The van der Waals surface area contributed by atoms with Gasteiger partial charge < -0.3 is 5.73 Å². The number of hydrogen-bond acceptors (Lipinski definition) is 2. The van der Waals surface area contributed by atoms with Crippen LogP contribution in [0.25, 0.3) is 0 Å². The Hall–Kier alpha value is -1.26. The molecule has 0 aliphatic carbocycles. The van der Waals surface area contributed by atoms with E-state index >= 15 is 0 Å². The molecule has 4 heteroatoms. The first-order chi connectivity index (χ1) is 9.47. The summed E-state index contributed by atoms with van der Waals surface area (Å²) in [4.78, 5) is 1.03. The lowest BCUT2D eigenvalue weighted by Crippen LogP contribution is -2.13. The summed E-state index contributed by atoms with van der Waals surface area (Å²) in [6.45, 7) is 4.22. The van der Waals surface area contributed by atoms with Crippen LogP contribution < -0.4 is 5.73 Å².